The van der Waals surface area contributed by atoms with Gasteiger partial charge in [0.25, 0.3) is 0 Å². The van der Waals surface area contributed by atoms with Crippen molar-refractivity contribution in [2.45, 2.75) is 62.5 Å². The van der Waals surface area contributed by atoms with Crippen LogP contribution in [0.1, 0.15) is 85.0 Å². The van der Waals surface area contributed by atoms with Crippen molar-refractivity contribution in [2.24, 2.45) is 0 Å². The number of hydrogen-bond donors (Lipinski definition) is 0. The Balaban J connectivity index is 0.00000257. The fourth-order valence-corrected chi connectivity index (χ4v) is 26.5. The summed E-state index contributed by atoms with van der Waals surface area (Å²) in [5.41, 5.74) is 16.5. The molecule has 276 valence electrons. The molecule has 0 radical (unpaired) electrons. The summed E-state index contributed by atoms with van der Waals surface area (Å²) in [6.45, 7) is 14.0. The van der Waals surface area contributed by atoms with Crippen LogP contribution < -0.4 is 24.8 Å². The van der Waals surface area contributed by atoms with E-state index in [0.717, 1.165) is 6.42 Å². The second-order valence-electron chi connectivity index (χ2n) is 17.1. The number of allylic oxidation sites excluding steroid dienone is 4. The molecule has 6 aromatic carbocycles. The zero-order valence-corrected chi connectivity index (χ0v) is 37.9. The smallest absolute Gasteiger partial charge is 1.00 e. The van der Waals surface area contributed by atoms with Crippen molar-refractivity contribution in [2.75, 3.05) is 0 Å². The molecular formula is C52H50Cl2Hf. The third-order valence-electron chi connectivity index (χ3n) is 11.4. The molecule has 3 heteroatoms. The van der Waals surface area contributed by atoms with E-state index >= 15 is 0 Å². The number of rotatable bonds is 6. The Hall–Kier alpha value is -4.01. The predicted molar refractivity (Wildman–Crippen MR) is 227 cm³/mol. The second kappa shape index (κ2) is 16.2. The predicted octanol–water partition coefficient (Wildman–Crippen LogP) is 7.39. The molecule has 0 aliphatic heterocycles. The molecule has 6 aromatic rings. The summed E-state index contributed by atoms with van der Waals surface area (Å²) in [6.07, 6.45) is 8.19. The van der Waals surface area contributed by atoms with Gasteiger partial charge in [0.2, 0.25) is 0 Å². The van der Waals surface area contributed by atoms with Gasteiger partial charge in [-0.1, -0.05) is 0 Å². The topological polar surface area (TPSA) is 0 Å². The van der Waals surface area contributed by atoms with E-state index in [1.165, 1.54) is 66.8 Å². The molecule has 0 saturated carbocycles. The molecular weight excluding hydrogens is 874 g/mol. The maximum Gasteiger partial charge on any atom is -1.00 e. The molecule has 0 amide bonds. The molecule has 0 atom stereocenters. The van der Waals surface area contributed by atoms with Crippen LogP contribution in [0.25, 0.3) is 33.4 Å². The summed E-state index contributed by atoms with van der Waals surface area (Å²) >= 11 is -4.03. The fraction of sp³-hybridized carbons (Fsp3) is 0.192. The van der Waals surface area contributed by atoms with Crippen molar-refractivity contribution in [3.05, 3.63) is 201 Å². The number of benzene rings is 6. The maximum atomic E-state index is 2.80. The number of halogens is 2. The Kier molecular flexibility index (Phi) is 12.0. The van der Waals surface area contributed by atoms with E-state index < -0.39 is 19.0 Å². The Morgan fingerprint density at radius 1 is 0.491 bits per heavy atom. The Morgan fingerprint density at radius 2 is 0.891 bits per heavy atom. The van der Waals surface area contributed by atoms with Crippen LogP contribution in [0.5, 0.6) is 0 Å². The van der Waals surface area contributed by atoms with E-state index in [1.54, 1.807) is 3.33 Å². The first-order valence-electron chi connectivity index (χ1n) is 19.2. The molecule has 0 fully saturated rings. The standard InChI is InChI=1S/C21H25.2C13H10.C5H5.2ClH.Hf/c1-20(2,3)16-9-7-14-11-15-8-10-17(21(4,5)6)13-19(15)18(14)12-16;2*1-11-7-9-13(10-8-11)12-5-3-2-4-6-12;1-2-4-5-3-1;;;/h7-13H,1-6H3;2*1-10H;1-3H,4H2;2*1H;/q;;;;;;+2/p-2. The van der Waals surface area contributed by atoms with Gasteiger partial charge in [0, 0.05) is 0 Å². The van der Waals surface area contributed by atoms with Gasteiger partial charge in [-0.2, -0.15) is 0 Å². The monoisotopic (exact) mass is 924 g/mol. The van der Waals surface area contributed by atoms with Crippen LogP contribution in [0, 0.1) is 0 Å². The molecule has 0 heterocycles. The summed E-state index contributed by atoms with van der Waals surface area (Å²) in [6, 6.07) is 55.2. The average Bonchev–Trinajstić information content (AvgIpc) is 3.83. The third kappa shape index (κ3) is 8.13. The quantitative estimate of drug-likeness (QED) is 0.153. The van der Waals surface area contributed by atoms with E-state index in [-0.39, 0.29) is 35.6 Å². The van der Waals surface area contributed by atoms with Crippen LogP contribution >= 0.6 is 0 Å². The van der Waals surface area contributed by atoms with Gasteiger partial charge in [0.15, 0.2) is 0 Å². The van der Waals surface area contributed by atoms with Crippen LogP contribution in [0.4, 0.5) is 0 Å². The minimum Gasteiger partial charge on any atom is -1.00 e. The van der Waals surface area contributed by atoms with Gasteiger partial charge in [-0.3, -0.25) is 0 Å². The zero-order chi connectivity index (χ0) is 36.8. The minimum atomic E-state index is -4.03. The Bertz CT molecular complexity index is 2320. The largest absolute Gasteiger partial charge is 1.00 e. The molecule has 0 nitrogen and oxygen atoms in total. The molecule has 8 rings (SSSR count). The van der Waals surface area contributed by atoms with Crippen LogP contribution in [0.3, 0.4) is 0 Å². The van der Waals surface area contributed by atoms with Gasteiger partial charge < -0.3 is 24.8 Å². The van der Waals surface area contributed by atoms with Crippen molar-refractivity contribution >= 4 is 7.52 Å². The molecule has 2 aliphatic carbocycles. The van der Waals surface area contributed by atoms with Gasteiger partial charge in [0.1, 0.15) is 0 Å². The summed E-state index contributed by atoms with van der Waals surface area (Å²) in [5, 5.41) is 0. The van der Waals surface area contributed by atoms with Crippen molar-refractivity contribution in [1.29, 1.82) is 0 Å². The van der Waals surface area contributed by atoms with Gasteiger partial charge >= 0.3 is 323 Å². The van der Waals surface area contributed by atoms with E-state index in [1.807, 2.05) is 0 Å². The first kappa shape index (κ1) is 40.6. The Morgan fingerprint density at radius 3 is 1.25 bits per heavy atom. The minimum absolute atomic E-state index is 0. The molecule has 2 aliphatic rings. The summed E-state index contributed by atoms with van der Waals surface area (Å²) in [7, 11) is 0. The normalized spacial score (nSPS) is 13.0. The summed E-state index contributed by atoms with van der Waals surface area (Å²) in [5.74, 6) is 0. The third-order valence-corrected chi connectivity index (χ3v) is 28.2. The molecule has 55 heavy (non-hydrogen) atoms. The van der Waals surface area contributed by atoms with Gasteiger partial charge in [-0.15, -0.1) is 0 Å². The number of fused-ring (bicyclic) bond motifs is 3. The summed E-state index contributed by atoms with van der Waals surface area (Å²) in [4.78, 5) is 0. The van der Waals surface area contributed by atoms with Crippen molar-refractivity contribution < 1.29 is 43.8 Å². The van der Waals surface area contributed by atoms with E-state index in [0.29, 0.717) is 3.67 Å². The first-order valence-corrected chi connectivity index (χ1v) is 27.2. The summed E-state index contributed by atoms with van der Waals surface area (Å²) < 4.78 is 7.54. The van der Waals surface area contributed by atoms with Crippen molar-refractivity contribution in [3.8, 4) is 33.4 Å². The van der Waals surface area contributed by atoms with Gasteiger partial charge in [-0.05, 0) is 0 Å². The van der Waals surface area contributed by atoms with Crippen molar-refractivity contribution in [3.63, 3.8) is 0 Å². The van der Waals surface area contributed by atoms with Crippen LogP contribution in [0.15, 0.2) is 167 Å². The van der Waals surface area contributed by atoms with Gasteiger partial charge in [-0.25, -0.2) is 0 Å². The zero-order valence-electron chi connectivity index (χ0n) is 32.8. The van der Waals surface area contributed by atoms with Crippen LogP contribution in [-0.2, 0) is 29.8 Å². The molecule has 0 spiro atoms. The van der Waals surface area contributed by atoms with Gasteiger partial charge in [0.05, 0.1) is 0 Å². The fourth-order valence-electron chi connectivity index (χ4n) is 8.40. The average molecular weight is 924 g/mol. The number of hydrogen-bond acceptors (Lipinski definition) is 0. The Labute approximate surface area is 345 Å². The van der Waals surface area contributed by atoms with E-state index in [4.69, 9.17) is 0 Å². The van der Waals surface area contributed by atoms with E-state index in [9.17, 15) is 0 Å². The van der Waals surface area contributed by atoms with Crippen molar-refractivity contribution in [1.82, 2.24) is 0 Å². The molecule has 0 N–H and O–H groups in total. The SMILES string of the molecule is CC(C)(C)c1ccc2c(c1)-c1cc(C(C)(C)C)ccc1[CH]2[Hf+2](=[CH]c1ccc(-c2ccccc2)cc1)(=[CH]c1ccc(-c2ccccc2)cc1)[C]1=CC=CC1.[Cl-].[Cl-]. The van der Waals surface area contributed by atoms with Crippen LogP contribution in [-0.4, -0.2) is 7.52 Å². The van der Waals surface area contributed by atoms with Crippen LogP contribution in [0.2, 0.25) is 0 Å². The molecule has 0 unspecified atom stereocenters. The molecule has 0 aromatic heterocycles. The second-order valence-corrected chi connectivity index (χ2v) is 30.2. The molecule has 0 saturated heterocycles. The first-order chi connectivity index (χ1) is 25.5. The van der Waals surface area contributed by atoms with E-state index in [2.05, 4.69) is 213 Å². The maximum absolute atomic E-state index is 4.03. The molecule has 0 bridgehead atoms.